The Morgan fingerprint density at radius 1 is 0.500 bits per heavy atom. The van der Waals surface area contributed by atoms with Gasteiger partial charge < -0.3 is 20.0 Å². The van der Waals surface area contributed by atoms with Crippen LogP contribution in [0.3, 0.4) is 0 Å². The molecule has 2 amide bonds. The summed E-state index contributed by atoms with van der Waals surface area (Å²) in [6.07, 6.45) is 17.1. The van der Waals surface area contributed by atoms with Gasteiger partial charge in [0.05, 0.1) is 11.4 Å². The number of hydrogen-bond acceptors (Lipinski definition) is 12. The minimum absolute atomic E-state index is 0.0486. The molecule has 78 heavy (non-hydrogen) atoms. The van der Waals surface area contributed by atoms with Crippen molar-refractivity contribution in [2.45, 2.75) is 185 Å². The first-order valence-electron chi connectivity index (χ1n) is 28.9. The SMILES string of the molecule is CCCCC(CC)CN(CC(CC)CCCC)C(=O)c1ccc(N=Nc2c(C)c(C#N)c(O)n(CCn3c(O)c(C#N)c(C)c(N=Nc4ccc(C(=O)N(CC(CC)CCCC)CC(CC)CCCC)cc4)c3=O)c2=O)cc1. The van der Waals surface area contributed by atoms with Gasteiger partial charge in [-0.05, 0) is 112 Å². The van der Waals surface area contributed by atoms with Crippen LogP contribution in [0.4, 0.5) is 22.7 Å². The van der Waals surface area contributed by atoms with Crippen molar-refractivity contribution in [3.05, 3.63) is 103 Å². The molecule has 4 aromatic rings. The zero-order chi connectivity index (χ0) is 57.3. The number of pyridine rings is 2. The second-order valence-electron chi connectivity index (χ2n) is 21.1. The molecule has 0 aliphatic carbocycles. The molecule has 0 saturated heterocycles. The molecular weight excluding hydrogens is 981 g/mol. The molecule has 2 aromatic heterocycles. The van der Waals surface area contributed by atoms with Crippen LogP contribution in [0.2, 0.25) is 0 Å². The van der Waals surface area contributed by atoms with Gasteiger partial charge >= 0.3 is 0 Å². The fourth-order valence-corrected chi connectivity index (χ4v) is 10.0. The summed E-state index contributed by atoms with van der Waals surface area (Å²) < 4.78 is 1.71. The maximum Gasteiger partial charge on any atom is 0.281 e. The van der Waals surface area contributed by atoms with Gasteiger partial charge in [-0.25, -0.2) is 0 Å². The van der Waals surface area contributed by atoms with Gasteiger partial charge in [-0.15, -0.1) is 10.2 Å². The quantitative estimate of drug-likeness (QED) is 0.0436. The van der Waals surface area contributed by atoms with Gasteiger partial charge in [-0.3, -0.25) is 28.3 Å². The highest BCUT2D eigenvalue weighted by atomic mass is 16.3. The Labute approximate surface area is 463 Å². The van der Waals surface area contributed by atoms with Crippen molar-refractivity contribution in [3.63, 3.8) is 0 Å². The van der Waals surface area contributed by atoms with Crippen LogP contribution in [0.25, 0.3) is 0 Å². The van der Waals surface area contributed by atoms with E-state index in [1.54, 1.807) is 48.5 Å². The van der Waals surface area contributed by atoms with Crippen LogP contribution in [0, 0.1) is 60.2 Å². The molecule has 2 N–H and O–H groups in total. The van der Waals surface area contributed by atoms with Crippen molar-refractivity contribution in [1.82, 2.24) is 18.9 Å². The highest BCUT2D eigenvalue weighted by Gasteiger charge is 2.26. The summed E-state index contributed by atoms with van der Waals surface area (Å²) in [6.45, 7) is 22.3. The number of carbonyl (C=O) groups excluding carboxylic acids is 2. The molecule has 0 aliphatic heterocycles. The smallest absolute Gasteiger partial charge is 0.281 e. The number of rotatable bonds is 33. The van der Waals surface area contributed by atoms with E-state index in [-0.39, 0.29) is 45.4 Å². The number of hydrogen-bond donors (Lipinski definition) is 2. The van der Waals surface area contributed by atoms with E-state index in [4.69, 9.17) is 0 Å². The molecule has 0 spiro atoms. The normalized spacial score (nSPS) is 13.1. The van der Waals surface area contributed by atoms with E-state index < -0.39 is 36.0 Å². The summed E-state index contributed by atoms with van der Waals surface area (Å²) in [6, 6.07) is 17.2. The van der Waals surface area contributed by atoms with Gasteiger partial charge in [0.2, 0.25) is 11.8 Å². The average Bonchev–Trinajstić information content (AvgIpc) is 3.46. The standard InChI is InChI=1S/C62H88N10O6/c1-11-19-23-45(15-5)39-69(40-46(16-6)24-20-12-2)57(73)49-27-31-51(32-28-49)65-67-55-43(9)53(37-63)59(75)71(61(55)77)35-36-72-60(76)54(38-64)44(10)56(62(72)78)68-66-52-33-29-50(30-34-52)58(74)70(41-47(17-7)25-21-13-3)42-48(18-8)26-22-14-4/h27-34,45-48,75-76H,11-26,35-36,39-42H2,1-10H3. The van der Waals surface area contributed by atoms with E-state index in [1.807, 2.05) is 21.9 Å². The van der Waals surface area contributed by atoms with E-state index >= 15 is 0 Å². The van der Waals surface area contributed by atoms with E-state index in [0.29, 0.717) is 72.4 Å². The number of azo groups is 2. The molecule has 16 heteroatoms. The molecule has 0 saturated carbocycles. The van der Waals surface area contributed by atoms with E-state index in [1.165, 1.54) is 13.8 Å². The fourth-order valence-electron chi connectivity index (χ4n) is 10.0. The summed E-state index contributed by atoms with van der Waals surface area (Å²) >= 11 is 0. The Morgan fingerprint density at radius 2 is 0.782 bits per heavy atom. The largest absolute Gasteiger partial charge is 0.493 e. The minimum Gasteiger partial charge on any atom is -0.493 e. The number of amides is 2. The third-order valence-corrected chi connectivity index (χ3v) is 15.5. The third-order valence-electron chi connectivity index (χ3n) is 15.5. The molecule has 0 bridgehead atoms. The van der Waals surface area contributed by atoms with Crippen molar-refractivity contribution < 1.29 is 19.8 Å². The first-order chi connectivity index (χ1) is 37.6. The maximum atomic E-state index is 14.1. The second kappa shape index (κ2) is 32.7. The number of unbranched alkanes of at least 4 members (excludes halogenated alkanes) is 4. The highest BCUT2D eigenvalue weighted by molar-refractivity contribution is 5.95. The Morgan fingerprint density at radius 3 is 1.03 bits per heavy atom. The van der Waals surface area contributed by atoms with Crippen molar-refractivity contribution in [2.75, 3.05) is 26.2 Å². The molecule has 0 fully saturated rings. The van der Waals surface area contributed by atoms with E-state index in [2.05, 4.69) is 75.8 Å². The molecule has 0 radical (unpaired) electrons. The predicted molar refractivity (Wildman–Crippen MR) is 310 cm³/mol. The zero-order valence-corrected chi connectivity index (χ0v) is 48.5. The molecule has 2 heterocycles. The lowest BCUT2D eigenvalue weighted by Crippen LogP contribution is -2.39. The minimum atomic E-state index is -0.828. The number of nitriles is 2. The summed E-state index contributed by atoms with van der Waals surface area (Å²) in [5.41, 5.74) is -0.785. The van der Waals surface area contributed by atoms with Crippen molar-refractivity contribution in [1.29, 1.82) is 10.5 Å². The van der Waals surface area contributed by atoms with E-state index in [9.17, 15) is 39.9 Å². The average molecular weight is 1070 g/mol. The molecule has 422 valence electrons. The van der Waals surface area contributed by atoms with Crippen LogP contribution in [-0.2, 0) is 13.1 Å². The van der Waals surface area contributed by atoms with Gasteiger partial charge in [0.15, 0.2) is 11.4 Å². The molecule has 16 nitrogen and oxygen atoms in total. The van der Waals surface area contributed by atoms with Crippen LogP contribution in [0.5, 0.6) is 11.8 Å². The Bertz CT molecular complexity index is 2610. The third kappa shape index (κ3) is 17.3. The van der Waals surface area contributed by atoms with Gasteiger partial charge in [-0.1, -0.05) is 132 Å². The first-order valence-corrected chi connectivity index (χ1v) is 28.9. The second-order valence-corrected chi connectivity index (χ2v) is 21.1. The zero-order valence-electron chi connectivity index (χ0n) is 48.5. The van der Waals surface area contributed by atoms with Crippen molar-refractivity contribution in [2.24, 2.45) is 44.1 Å². The Hall–Kier alpha value is -6.94. The van der Waals surface area contributed by atoms with Crippen LogP contribution < -0.4 is 11.1 Å². The number of aromatic hydroxyl groups is 2. The van der Waals surface area contributed by atoms with Gasteiger partial charge in [-0.2, -0.15) is 20.8 Å². The summed E-state index contributed by atoms with van der Waals surface area (Å²) in [5, 5.41) is 59.9. The first kappa shape index (κ1) is 63.6. The summed E-state index contributed by atoms with van der Waals surface area (Å²) in [4.78, 5) is 60.5. The molecule has 4 atom stereocenters. The van der Waals surface area contributed by atoms with Gasteiger partial charge in [0.1, 0.15) is 23.3 Å². The molecule has 0 aliphatic rings. The van der Waals surface area contributed by atoms with Crippen LogP contribution in [-0.4, -0.2) is 67.1 Å². The van der Waals surface area contributed by atoms with Gasteiger partial charge in [0, 0.05) is 61.5 Å². The van der Waals surface area contributed by atoms with Crippen LogP contribution >= 0.6 is 0 Å². The lowest BCUT2D eigenvalue weighted by Gasteiger charge is -2.31. The molecule has 4 unspecified atom stereocenters. The molecule has 2 aromatic carbocycles. The predicted octanol–water partition coefficient (Wildman–Crippen LogP) is 15.1. The summed E-state index contributed by atoms with van der Waals surface area (Å²) in [7, 11) is 0. The van der Waals surface area contributed by atoms with Gasteiger partial charge in [0.25, 0.3) is 22.9 Å². The number of nitrogens with zero attached hydrogens (tertiary/aromatic N) is 10. The summed E-state index contributed by atoms with van der Waals surface area (Å²) in [5.74, 6) is 0.148. The monoisotopic (exact) mass is 1070 g/mol. The highest BCUT2D eigenvalue weighted by Crippen LogP contribution is 2.31. The Kier molecular flexibility index (Phi) is 26.7. The lowest BCUT2D eigenvalue weighted by molar-refractivity contribution is 0.0678. The number of carbonyl (C=O) groups is 2. The number of benzene rings is 2. The maximum absolute atomic E-state index is 14.1. The van der Waals surface area contributed by atoms with Crippen LogP contribution in [0.15, 0.2) is 78.6 Å². The van der Waals surface area contributed by atoms with Crippen molar-refractivity contribution in [3.8, 4) is 23.9 Å². The van der Waals surface area contributed by atoms with E-state index in [0.717, 1.165) is 112 Å². The molecule has 4 rings (SSSR count). The van der Waals surface area contributed by atoms with Crippen LogP contribution in [0.1, 0.15) is 201 Å². The van der Waals surface area contributed by atoms with Crippen molar-refractivity contribution >= 4 is 34.6 Å². The molecular formula is C62H88N10O6. The number of aromatic nitrogens is 2. The topological polar surface area (TPSA) is 222 Å². The fraction of sp³-hybridized carbons (Fsp3) is 0.581. The Balaban J connectivity index is 1.62. The lowest BCUT2D eigenvalue weighted by atomic mass is 9.95.